The number of guanidine groups is 1. The van der Waals surface area contributed by atoms with Crippen LogP contribution in [0.4, 0.5) is 0 Å². The van der Waals surface area contributed by atoms with Gasteiger partial charge in [0.05, 0.1) is 12.2 Å². The summed E-state index contributed by atoms with van der Waals surface area (Å²) in [6, 6.07) is 0. The lowest BCUT2D eigenvalue weighted by Gasteiger charge is -2.09. The first-order chi connectivity index (χ1) is 10.5. The van der Waals surface area contributed by atoms with E-state index in [1.807, 2.05) is 32.4 Å². The first-order valence-electron chi connectivity index (χ1n) is 7.31. The van der Waals surface area contributed by atoms with E-state index in [1.165, 1.54) is 4.88 Å². The Labute approximate surface area is 158 Å². The molecule has 0 aromatic carbocycles. The van der Waals surface area contributed by atoms with E-state index >= 15 is 0 Å². The normalized spacial score (nSPS) is 11.3. The molecule has 0 saturated heterocycles. The van der Waals surface area contributed by atoms with Crippen molar-refractivity contribution in [3.63, 3.8) is 0 Å². The molecule has 0 atom stereocenters. The molecule has 2 heterocycles. The number of hydrogen-bond acceptors (Lipinski definition) is 5. The summed E-state index contributed by atoms with van der Waals surface area (Å²) in [7, 11) is 1.95. The Morgan fingerprint density at radius 2 is 1.96 bits per heavy atom. The monoisotopic (exact) mass is 449 g/mol. The molecule has 0 bridgehead atoms. The van der Waals surface area contributed by atoms with Gasteiger partial charge < -0.3 is 15.2 Å². The van der Waals surface area contributed by atoms with Gasteiger partial charge in [-0.05, 0) is 27.7 Å². The lowest BCUT2D eigenvalue weighted by Crippen LogP contribution is -2.36. The van der Waals surface area contributed by atoms with Crippen molar-refractivity contribution in [2.75, 3.05) is 6.54 Å². The average Bonchev–Trinajstić information content (AvgIpc) is 2.98. The van der Waals surface area contributed by atoms with Gasteiger partial charge in [0.25, 0.3) is 0 Å². The number of aromatic nitrogens is 4. The van der Waals surface area contributed by atoms with Gasteiger partial charge in [-0.15, -0.1) is 45.5 Å². The fourth-order valence-electron chi connectivity index (χ4n) is 1.85. The predicted octanol–water partition coefficient (Wildman–Crippen LogP) is 2.07. The maximum Gasteiger partial charge on any atom is 0.192 e. The van der Waals surface area contributed by atoms with Crippen molar-refractivity contribution in [2.24, 2.45) is 12.0 Å². The van der Waals surface area contributed by atoms with Crippen LogP contribution in [0.1, 0.15) is 34.2 Å². The van der Waals surface area contributed by atoms with Crippen LogP contribution in [0.25, 0.3) is 0 Å². The summed E-state index contributed by atoms with van der Waals surface area (Å²) < 4.78 is 1.95. The minimum Gasteiger partial charge on any atom is -0.357 e. The lowest BCUT2D eigenvalue weighted by atomic mass is 10.4. The van der Waals surface area contributed by atoms with E-state index in [1.54, 1.807) is 11.3 Å². The molecule has 0 unspecified atom stereocenters. The summed E-state index contributed by atoms with van der Waals surface area (Å²) >= 11 is 1.71. The van der Waals surface area contributed by atoms with Crippen molar-refractivity contribution in [1.82, 2.24) is 30.4 Å². The molecule has 0 aliphatic heterocycles. The molecule has 0 fully saturated rings. The van der Waals surface area contributed by atoms with Gasteiger partial charge in [-0.25, -0.2) is 9.98 Å². The summed E-state index contributed by atoms with van der Waals surface area (Å²) in [5, 5.41) is 15.8. The van der Waals surface area contributed by atoms with E-state index in [9.17, 15) is 0 Å². The van der Waals surface area contributed by atoms with Gasteiger partial charge in [0.15, 0.2) is 11.8 Å². The van der Waals surface area contributed by atoms with Crippen LogP contribution >= 0.6 is 35.3 Å². The quantitative estimate of drug-likeness (QED) is 0.415. The van der Waals surface area contributed by atoms with Crippen LogP contribution in [0.3, 0.4) is 0 Å². The number of aliphatic imine (C=N–C) groups is 1. The fourth-order valence-corrected chi connectivity index (χ4v) is 2.73. The van der Waals surface area contributed by atoms with Gasteiger partial charge in [0.2, 0.25) is 0 Å². The third-order valence-electron chi connectivity index (χ3n) is 3.39. The Kier molecular flexibility index (Phi) is 7.89. The Bertz CT molecular complexity index is 643. The van der Waals surface area contributed by atoms with Crippen molar-refractivity contribution in [3.05, 3.63) is 27.2 Å². The van der Waals surface area contributed by atoms with Gasteiger partial charge in [-0.2, -0.15) is 0 Å². The van der Waals surface area contributed by atoms with Crippen molar-refractivity contribution in [3.8, 4) is 0 Å². The topological polar surface area (TPSA) is 80.0 Å². The number of thiazole rings is 1. The molecule has 2 aromatic rings. The highest BCUT2D eigenvalue weighted by molar-refractivity contribution is 14.0. The molecule has 0 spiro atoms. The van der Waals surface area contributed by atoms with Gasteiger partial charge in [-0.1, -0.05) is 0 Å². The molecule has 0 aliphatic carbocycles. The van der Waals surface area contributed by atoms with Gasteiger partial charge in [0, 0.05) is 18.5 Å². The van der Waals surface area contributed by atoms with E-state index in [2.05, 4.69) is 37.7 Å². The molecule has 2 aromatic heterocycles. The van der Waals surface area contributed by atoms with Crippen molar-refractivity contribution in [2.45, 2.75) is 40.8 Å². The predicted molar refractivity (Wildman–Crippen MR) is 104 cm³/mol. The Morgan fingerprint density at radius 3 is 2.48 bits per heavy atom. The second-order valence-corrected chi connectivity index (χ2v) is 6.31. The highest BCUT2D eigenvalue weighted by Crippen LogP contribution is 2.15. The molecular weight excluding hydrogens is 425 g/mol. The second kappa shape index (κ2) is 9.16. The van der Waals surface area contributed by atoms with Crippen LogP contribution in [0.5, 0.6) is 0 Å². The maximum absolute atomic E-state index is 4.55. The molecule has 0 aliphatic rings. The smallest absolute Gasteiger partial charge is 0.192 e. The minimum absolute atomic E-state index is 0. The van der Waals surface area contributed by atoms with Crippen LogP contribution in [0.2, 0.25) is 0 Å². The fraction of sp³-hybridized carbons (Fsp3) is 0.571. The zero-order chi connectivity index (χ0) is 16.1. The largest absolute Gasteiger partial charge is 0.357 e. The van der Waals surface area contributed by atoms with Gasteiger partial charge >= 0.3 is 0 Å². The average molecular weight is 449 g/mol. The zero-order valence-electron chi connectivity index (χ0n) is 14.2. The maximum atomic E-state index is 4.55. The summed E-state index contributed by atoms with van der Waals surface area (Å²) in [6.45, 7) is 10.1. The molecule has 0 saturated carbocycles. The Hall–Kier alpha value is -1.23. The number of rotatable bonds is 5. The van der Waals surface area contributed by atoms with Crippen molar-refractivity contribution in [1.29, 1.82) is 0 Å². The summed E-state index contributed by atoms with van der Waals surface area (Å²) in [6.07, 6.45) is 0. The number of hydrogen-bond donors (Lipinski definition) is 2. The molecule has 0 amide bonds. The van der Waals surface area contributed by atoms with Crippen LogP contribution < -0.4 is 10.6 Å². The molecule has 0 radical (unpaired) electrons. The first-order valence-corrected chi connectivity index (χ1v) is 8.12. The Morgan fingerprint density at radius 1 is 1.22 bits per heavy atom. The van der Waals surface area contributed by atoms with E-state index in [4.69, 9.17) is 0 Å². The lowest BCUT2D eigenvalue weighted by molar-refractivity contribution is 0.755. The third-order valence-corrected chi connectivity index (χ3v) is 4.46. The van der Waals surface area contributed by atoms with E-state index < -0.39 is 0 Å². The van der Waals surface area contributed by atoms with E-state index in [-0.39, 0.29) is 24.0 Å². The summed E-state index contributed by atoms with van der Waals surface area (Å²) in [5.41, 5.74) is 1.10. The second-order valence-electron chi connectivity index (χ2n) is 5.02. The highest BCUT2D eigenvalue weighted by atomic mass is 127. The molecule has 2 rings (SSSR count). The van der Waals surface area contributed by atoms with Gasteiger partial charge in [-0.3, -0.25) is 0 Å². The molecule has 2 N–H and O–H groups in total. The standard InChI is InChI=1S/C14H23N7S.HI/c1-6-15-14(16-7-12-20-19-11(4)21(12)5)17-8-13-18-9(2)10(3)22-13;/h6-8H2,1-5H3,(H2,15,16,17);1H. The molecule has 9 heteroatoms. The van der Waals surface area contributed by atoms with Crippen LogP contribution in [0.15, 0.2) is 4.99 Å². The SMILES string of the molecule is CCNC(=NCc1nnc(C)n1C)NCc1nc(C)c(C)s1.I. The molecular formula is C14H24IN7S. The molecule has 128 valence electrons. The summed E-state index contributed by atoms with van der Waals surface area (Å²) in [5.74, 6) is 2.49. The number of nitrogens with one attached hydrogen (secondary N) is 2. The third kappa shape index (κ3) is 5.41. The van der Waals surface area contributed by atoms with Crippen molar-refractivity contribution >= 4 is 41.3 Å². The Balaban J connectivity index is 0.00000264. The minimum atomic E-state index is 0. The molecule has 7 nitrogen and oxygen atoms in total. The first kappa shape index (κ1) is 19.8. The van der Waals surface area contributed by atoms with Crippen LogP contribution in [-0.4, -0.2) is 32.3 Å². The van der Waals surface area contributed by atoms with E-state index in [0.29, 0.717) is 13.1 Å². The number of halogens is 1. The van der Waals surface area contributed by atoms with Crippen LogP contribution in [0, 0.1) is 20.8 Å². The molecule has 23 heavy (non-hydrogen) atoms. The van der Waals surface area contributed by atoms with E-state index in [0.717, 1.165) is 34.9 Å². The number of aryl methyl sites for hydroxylation is 3. The van der Waals surface area contributed by atoms with Crippen LogP contribution in [-0.2, 0) is 20.1 Å². The van der Waals surface area contributed by atoms with Gasteiger partial charge in [0.1, 0.15) is 17.4 Å². The highest BCUT2D eigenvalue weighted by Gasteiger charge is 2.07. The summed E-state index contributed by atoms with van der Waals surface area (Å²) in [4.78, 5) is 10.3. The number of nitrogens with zero attached hydrogens (tertiary/aromatic N) is 5. The van der Waals surface area contributed by atoms with Crippen molar-refractivity contribution < 1.29 is 0 Å². The zero-order valence-corrected chi connectivity index (χ0v) is 17.3.